The minimum absolute atomic E-state index is 0.0574. The van der Waals surface area contributed by atoms with E-state index in [1.165, 1.54) is 0 Å². The van der Waals surface area contributed by atoms with E-state index in [0.29, 0.717) is 50.5 Å². The van der Waals surface area contributed by atoms with Gasteiger partial charge in [0.15, 0.2) is 44.0 Å². The van der Waals surface area contributed by atoms with Gasteiger partial charge in [-0.25, -0.2) is 0 Å². The van der Waals surface area contributed by atoms with E-state index >= 15 is 0 Å². The number of aliphatic hydroxyl groups is 23. The van der Waals surface area contributed by atoms with Crippen molar-refractivity contribution in [2.45, 2.75) is 297 Å². The molecule has 38 heteroatoms. The molecule has 37 nitrogen and oxygen atoms in total. The fourth-order valence-corrected chi connectivity index (χ4v) is 18.8. The second-order valence-corrected chi connectivity index (χ2v) is 30.2. The topological polar surface area (TPSA) is 595 Å². The second-order valence-electron chi connectivity index (χ2n) is 28.9. The Bertz CT molecular complexity index is 2640. The maximum atomic E-state index is 12.6. The van der Waals surface area contributed by atoms with Crippen LogP contribution in [0.2, 0.25) is 0 Å². The Morgan fingerprint density at radius 3 is 1.20 bits per heavy atom. The number of hydrogen-bond donors (Lipinski definition) is 23. The van der Waals surface area contributed by atoms with Crippen molar-refractivity contribution in [1.82, 2.24) is 0 Å². The third-order valence-corrected chi connectivity index (χ3v) is 24.2. The van der Waals surface area contributed by atoms with Gasteiger partial charge in [0.2, 0.25) is 0 Å². The average molecular weight is 1460 g/mol. The molecule has 4 aliphatic carbocycles. The van der Waals surface area contributed by atoms with E-state index in [9.17, 15) is 117 Å². The van der Waals surface area contributed by atoms with Crippen LogP contribution in [0.4, 0.5) is 0 Å². The van der Waals surface area contributed by atoms with Crippen molar-refractivity contribution in [2.75, 3.05) is 46.2 Å². The summed E-state index contributed by atoms with van der Waals surface area (Å²) in [5.41, 5.74) is -1.68. The van der Waals surface area contributed by atoms with E-state index in [2.05, 4.69) is 13.5 Å². The SMILES string of the molecule is C=C1CC23CC[C@H]4[C@@](C)(CCC[C@@]4(C)SO[C@@H]4O[C@H](CO)[C@@H](O)[C@H](O[C@@H]5O[C@H](CO)[C@@H](O)[C@H](O)[C@H]5O)[C@H]4O[C@@H]4O[C@H](CO)[C@@H](O)[C@H](O)[C@H]4O)[C@@H]2CC[C@]1(O[C@@H]1O[C@H](CO)[C@@H](O[C@@H]2O[C@H](CO)[C@@H](O)[C@H](O)[C@H]2O)[C@H](O)C1O[C@@H]1O[C@H](CO)[C@@H](O)[C@H](O[C@@H]2O[C@H](CO)[C@@H](O)[C@H](O)[C@H]2O)[C@H]1O)C3. The summed E-state index contributed by atoms with van der Waals surface area (Å²) in [6.07, 6.45) is -59.9. The highest BCUT2D eigenvalue weighted by molar-refractivity contribution is 7.96. The number of aliphatic hydroxyl groups excluding tert-OH is 23. The first kappa shape index (κ1) is 78.7. The highest BCUT2D eigenvalue weighted by Crippen LogP contribution is 2.74. The number of fused-ring (bicyclic) bond motifs is 3. The molecule has 7 saturated heterocycles. The van der Waals surface area contributed by atoms with Gasteiger partial charge in [-0.05, 0) is 86.5 Å². The van der Waals surface area contributed by atoms with Crippen LogP contribution in [0.15, 0.2) is 12.2 Å². The first-order valence-corrected chi connectivity index (χ1v) is 34.4. The first-order chi connectivity index (χ1) is 46.9. The molecular weight excluding hydrogens is 1360 g/mol. The predicted molar refractivity (Wildman–Crippen MR) is 320 cm³/mol. The van der Waals surface area contributed by atoms with Crippen molar-refractivity contribution in [3.63, 3.8) is 0 Å². The molecule has 23 N–H and O–H groups in total. The molecule has 11 fully saturated rings. The van der Waals surface area contributed by atoms with Crippen molar-refractivity contribution in [3.8, 4) is 0 Å². The van der Waals surface area contributed by atoms with Gasteiger partial charge in [-0.2, -0.15) is 0 Å². The molecule has 2 unspecified atom stereocenters. The minimum Gasteiger partial charge on any atom is -0.394 e. The van der Waals surface area contributed by atoms with E-state index in [4.69, 9.17) is 65.8 Å². The lowest BCUT2D eigenvalue weighted by molar-refractivity contribution is -0.402. The van der Waals surface area contributed by atoms with Gasteiger partial charge in [0.05, 0.1) is 51.8 Å². The summed E-state index contributed by atoms with van der Waals surface area (Å²) in [5, 5.41) is 249. The summed E-state index contributed by atoms with van der Waals surface area (Å²) in [7, 11) is 0. The lowest BCUT2D eigenvalue weighted by Gasteiger charge is -2.64. The van der Waals surface area contributed by atoms with Gasteiger partial charge >= 0.3 is 0 Å². The summed E-state index contributed by atoms with van der Waals surface area (Å²) >= 11 is 1.01. The number of ether oxygens (including phenoxy) is 13. The van der Waals surface area contributed by atoms with Crippen molar-refractivity contribution in [2.24, 2.45) is 22.7 Å². The van der Waals surface area contributed by atoms with Crippen LogP contribution in [-0.4, -0.2) is 389 Å². The zero-order valence-electron chi connectivity index (χ0n) is 54.3. The van der Waals surface area contributed by atoms with Crippen LogP contribution in [0.25, 0.3) is 0 Å². The predicted octanol–water partition coefficient (Wildman–Crippen LogP) is -10.8. The molecule has 4 saturated carbocycles. The van der Waals surface area contributed by atoms with Crippen molar-refractivity contribution in [3.05, 3.63) is 12.2 Å². The smallest absolute Gasteiger partial charge is 0.200 e. The third kappa shape index (κ3) is 14.5. The maximum absolute atomic E-state index is 12.6. The van der Waals surface area contributed by atoms with Gasteiger partial charge in [0, 0.05) is 16.8 Å². The molecule has 0 radical (unpaired) electrons. The molecule has 1 spiro atoms. The van der Waals surface area contributed by atoms with E-state index < -0.39 is 282 Å². The van der Waals surface area contributed by atoms with E-state index in [1.807, 2.05) is 6.92 Å². The Morgan fingerprint density at radius 1 is 0.364 bits per heavy atom. The molecule has 572 valence electrons. The summed E-state index contributed by atoms with van der Waals surface area (Å²) in [4.78, 5) is 0. The van der Waals surface area contributed by atoms with Gasteiger partial charge in [-0.3, -0.25) is 4.18 Å². The molecule has 99 heavy (non-hydrogen) atoms. The average Bonchev–Trinajstić information content (AvgIpc) is 1.30. The fraction of sp³-hybridized carbons (Fsp3) is 0.967. The zero-order valence-corrected chi connectivity index (χ0v) is 55.1. The molecule has 2 bridgehead atoms. The minimum atomic E-state index is -2.16. The largest absolute Gasteiger partial charge is 0.394 e. The Kier molecular flexibility index (Phi) is 25.0. The molecule has 0 amide bonds. The van der Waals surface area contributed by atoms with Gasteiger partial charge < -0.3 is 179 Å². The highest BCUT2D eigenvalue weighted by Gasteiger charge is 2.70. The Morgan fingerprint density at radius 2 is 0.737 bits per heavy atom. The van der Waals surface area contributed by atoms with Crippen LogP contribution in [0, 0.1) is 22.7 Å². The summed E-state index contributed by atoms with van der Waals surface area (Å²) in [6, 6.07) is 0. The van der Waals surface area contributed by atoms with Crippen molar-refractivity contribution >= 4 is 12.0 Å². The second kappa shape index (κ2) is 31.4. The van der Waals surface area contributed by atoms with Crippen LogP contribution >= 0.6 is 12.0 Å². The quantitative estimate of drug-likeness (QED) is 0.0272. The van der Waals surface area contributed by atoms with Crippen molar-refractivity contribution in [1.29, 1.82) is 0 Å². The lowest BCUT2D eigenvalue weighted by Crippen LogP contribution is -2.68. The first-order valence-electron chi connectivity index (χ1n) is 33.6. The molecule has 41 atom stereocenters. The fourth-order valence-electron chi connectivity index (χ4n) is 17.6. The summed E-state index contributed by atoms with van der Waals surface area (Å²) < 4.78 is 84.7. The maximum Gasteiger partial charge on any atom is 0.200 e. The molecular formula is C61H100O37S. The van der Waals surface area contributed by atoms with E-state index in [0.717, 1.165) is 18.5 Å². The number of hydrogen-bond acceptors (Lipinski definition) is 38. The molecule has 0 aromatic rings. The monoisotopic (exact) mass is 1460 g/mol. The summed E-state index contributed by atoms with van der Waals surface area (Å²) in [6.45, 7) is 2.55. The molecule has 11 rings (SSSR count). The standard InChI is InChI=1S/C61H100O37S/c1-20-11-60-9-5-28-58(2,7-4-8-59(28,3)99-98-57-50(96-54-43(82)39(78)33(72)24(15-65)88-54)48(35(74)26(17-67)90-57)94-53-42(81)38(77)32(71)23(14-64)87-53)29(60)6-10-61(20,19-60)97-56-49(44(83)46(27(18-68)91-56)92-51-40(79)36(75)30(69)21(12-62)85-51)95-55-45(84)47(34(73)25(16-66)89-55)93-52-41(80)37(76)31(70)22(13-63)86-52/h21-57,62-84H,1,4-19H2,2-3H3/t21-,22-,23-,24-,25-,26-,27-,28+,29+,30-,31-,32-,33-,34-,35-,36+,37+,38+,39+,40-,41-,42-,43-,44+,45-,46-,47+,48+,49?,50-,51+,52+,53+,54+,55+,56+,57+,58-,59-,60?,61+/m1/s1. The van der Waals surface area contributed by atoms with Crippen LogP contribution < -0.4 is 0 Å². The van der Waals surface area contributed by atoms with E-state index in [1.54, 1.807) is 0 Å². The van der Waals surface area contributed by atoms with Gasteiger partial charge in [0.25, 0.3) is 0 Å². The lowest BCUT2D eigenvalue weighted by atomic mass is 9.43. The Balaban J connectivity index is 0.851. The molecule has 0 aromatic carbocycles. The Labute approximate surface area is 571 Å². The van der Waals surface area contributed by atoms with Crippen molar-refractivity contribution < 1.29 is 183 Å². The van der Waals surface area contributed by atoms with Crippen LogP contribution in [-0.2, 0) is 65.8 Å². The number of rotatable bonds is 22. The van der Waals surface area contributed by atoms with E-state index in [-0.39, 0.29) is 18.3 Å². The third-order valence-electron chi connectivity index (χ3n) is 23.0. The normalized spacial score (nSPS) is 55.0. The summed E-state index contributed by atoms with van der Waals surface area (Å²) in [5.74, 6) is -0.203. The van der Waals surface area contributed by atoms with Crippen LogP contribution in [0.3, 0.4) is 0 Å². The van der Waals surface area contributed by atoms with Crippen LogP contribution in [0.1, 0.15) is 71.6 Å². The molecule has 0 aromatic heterocycles. The van der Waals surface area contributed by atoms with Gasteiger partial charge in [-0.1, -0.05) is 19.9 Å². The molecule has 7 heterocycles. The molecule has 11 aliphatic rings. The van der Waals surface area contributed by atoms with Gasteiger partial charge in [-0.15, -0.1) is 0 Å². The molecule has 7 aliphatic heterocycles. The van der Waals surface area contributed by atoms with Gasteiger partial charge in [0.1, 0.15) is 171 Å². The van der Waals surface area contributed by atoms with Crippen LogP contribution in [0.5, 0.6) is 0 Å². The zero-order chi connectivity index (χ0) is 71.9. The Hall–Kier alpha value is -1.39. The highest BCUT2D eigenvalue weighted by atomic mass is 32.2.